The monoisotopic (exact) mass is 388 g/mol. The molecule has 0 aromatic heterocycles. The van der Waals surface area contributed by atoms with E-state index in [0.29, 0.717) is 11.5 Å². The van der Waals surface area contributed by atoms with Crippen LogP contribution in [0.5, 0.6) is 11.5 Å². The van der Waals surface area contributed by atoms with Gasteiger partial charge >= 0.3 is 11.9 Å². The molecule has 2 rings (SSSR count). The molecule has 2 aromatic rings. The average Bonchev–Trinajstić information content (AvgIpc) is 2.67. The summed E-state index contributed by atoms with van der Waals surface area (Å²) in [6.07, 6.45) is 0. The smallest absolute Gasteiger partial charge is 0.341 e. The van der Waals surface area contributed by atoms with Crippen molar-refractivity contribution in [1.29, 1.82) is 0 Å². The first-order chi connectivity index (χ1) is 12.8. The van der Waals surface area contributed by atoms with Crippen LogP contribution in [0, 0.1) is 5.92 Å². The first-order valence-corrected chi connectivity index (χ1v) is 9.16. The number of benzene rings is 2. The molecule has 2 radical (unpaired) electrons. The molecule has 7 heteroatoms. The van der Waals surface area contributed by atoms with Gasteiger partial charge in [0.05, 0.1) is 0 Å². The Bertz CT molecular complexity index is 578. The number of carbonyl (C=O) groups is 2. The predicted molar refractivity (Wildman–Crippen MR) is 105 cm³/mol. The number of para-hydroxylation sites is 2. The molecule has 0 atom stereocenters. The minimum absolute atomic E-state index is 0.288. The molecule has 144 valence electrons. The minimum atomic E-state index is -0.964. The molecule has 2 aromatic carbocycles. The Morgan fingerprint density at radius 1 is 0.815 bits per heavy atom. The molecule has 0 heterocycles. The summed E-state index contributed by atoms with van der Waals surface area (Å²) in [7, 11) is 0. The van der Waals surface area contributed by atoms with Crippen LogP contribution in [-0.2, 0) is 9.59 Å². The van der Waals surface area contributed by atoms with Crippen LogP contribution in [0.25, 0.3) is 0 Å². The standard InChI is InChI=1S/2C8H8O3.C4H9.Al/c2*9-8(10)6-11-7-4-2-1-3-5-7;1-4(2)3;/h2*1-5H,6H2,(H,9,10);4H,1H2,2-3H3;. The molecular formula is C20H25AlO6. The van der Waals surface area contributed by atoms with Gasteiger partial charge < -0.3 is 19.7 Å². The maximum absolute atomic E-state index is 10.0. The molecule has 0 bridgehead atoms. The van der Waals surface area contributed by atoms with Gasteiger partial charge in [0, 0.05) is 0 Å². The van der Waals surface area contributed by atoms with Crippen molar-refractivity contribution < 1.29 is 29.3 Å². The van der Waals surface area contributed by atoms with Gasteiger partial charge in [-0.2, -0.15) is 0 Å². The molecule has 27 heavy (non-hydrogen) atoms. The summed E-state index contributed by atoms with van der Waals surface area (Å²) < 4.78 is 9.74. The second kappa shape index (κ2) is 15.7. The van der Waals surface area contributed by atoms with Gasteiger partial charge in [-0.05, 0) is 24.3 Å². The van der Waals surface area contributed by atoms with Crippen LogP contribution in [0.3, 0.4) is 0 Å². The van der Waals surface area contributed by atoms with Crippen molar-refractivity contribution in [1.82, 2.24) is 0 Å². The Balaban J connectivity index is 0.000000405. The molecule has 0 aliphatic heterocycles. The SMILES string of the molecule is CC(C)[CH2][Al].O=C(O)COc1ccccc1.O=C(O)COc1ccccc1. The van der Waals surface area contributed by atoms with E-state index >= 15 is 0 Å². The highest BCUT2D eigenvalue weighted by atomic mass is 27.0. The zero-order valence-corrected chi connectivity index (χ0v) is 16.7. The Kier molecular flexibility index (Phi) is 14.3. The van der Waals surface area contributed by atoms with Crippen molar-refractivity contribution in [2.75, 3.05) is 13.2 Å². The van der Waals surface area contributed by atoms with Crippen molar-refractivity contribution in [2.24, 2.45) is 5.92 Å². The third-order valence-electron chi connectivity index (χ3n) is 2.68. The molecule has 0 aliphatic rings. The van der Waals surface area contributed by atoms with E-state index in [1.54, 1.807) is 48.5 Å². The molecule has 0 saturated heterocycles. The van der Waals surface area contributed by atoms with Gasteiger partial charge in [0.2, 0.25) is 0 Å². The summed E-state index contributed by atoms with van der Waals surface area (Å²) >= 11 is 2.69. The third kappa shape index (κ3) is 16.7. The molecular weight excluding hydrogens is 363 g/mol. The first kappa shape index (κ1) is 24.5. The number of hydrogen-bond donors (Lipinski definition) is 2. The lowest BCUT2D eigenvalue weighted by Gasteiger charge is -2.00. The summed E-state index contributed by atoms with van der Waals surface area (Å²) in [5.74, 6) is 0.0764. The van der Waals surface area contributed by atoms with Crippen LogP contribution >= 0.6 is 0 Å². The fourth-order valence-electron chi connectivity index (χ4n) is 1.32. The zero-order valence-electron chi connectivity index (χ0n) is 15.6. The number of ether oxygens (including phenoxy) is 2. The average molecular weight is 388 g/mol. The van der Waals surface area contributed by atoms with E-state index in [9.17, 15) is 9.59 Å². The van der Waals surface area contributed by atoms with Crippen LogP contribution in [0.2, 0.25) is 5.28 Å². The maximum atomic E-state index is 10.0. The second-order valence-corrected chi connectivity index (χ2v) is 6.09. The Morgan fingerprint density at radius 2 is 1.11 bits per heavy atom. The number of aliphatic carboxylic acids is 2. The van der Waals surface area contributed by atoms with Gasteiger partial charge in [-0.15, -0.1) is 5.28 Å². The van der Waals surface area contributed by atoms with Gasteiger partial charge in [-0.1, -0.05) is 56.2 Å². The summed E-state index contributed by atoms with van der Waals surface area (Å²) in [6, 6.07) is 17.7. The highest BCUT2D eigenvalue weighted by Gasteiger charge is 1.97. The number of carboxylic acids is 2. The fourth-order valence-corrected chi connectivity index (χ4v) is 1.32. The van der Waals surface area contributed by atoms with Gasteiger partial charge in [-0.25, -0.2) is 9.59 Å². The van der Waals surface area contributed by atoms with Gasteiger partial charge in [-0.3, -0.25) is 0 Å². The van der Waals surface area contributed by atoms with Crippen molar-refractivity contribution in [3.05, 3.63) is 60.7 Å². The third-order valence-corrected chi connectivity index (χ3v) is 3.63. The van der Waals surface area contributed by atoms with E-state index in [1.165, 1.54) is 5.28 Å². The fraction of sp³-hybridized carbons (Fsp3) is 0.300. The second-order valence-electron chi connectivity index (χ2n) is 5.62. The van der Waals surface area contributed by atoms with E-state index in [0.717, 1.165) is 5.92 Å². The van der Waals surface area contributed by atoms with Crippen LogP contribution in [-0.4, -0.2) is 51.7 Å². The zero-order chi connectivity index (χ0) is 20.5. The number of carboxylic acid groups (broad SMARTS) is 2. The van der Waals surface area contributed by atoms with Crippen molar-refractivity contribution in [3.8, 4) is 11.5 Å². The van der Waals surface area contributed by atoms with Crippen molar-refractivity contribution in [3.63, 3.8) is 0 Å². The molecule has 0 fully saturated rings. The molecule has 6 nitrogen and oxygen atoms in total. The van der Waals surface area contributed by atoms with Crippen LogP contribution in [0.15, 0.2) is 60.7 Å². The topological polar surface area (TPSA) is 93.1 Å². The van der Waals surface area contributed by atoms with E-state index in [4.69, 9.17) is 19.7 Å². The minimum Gasteiger partial charge on any atom is -0.482 e. The summed E-state index contributed by atoms with van der Waals surface area (Å²) in [4.78, 5) is 20.1. The lowest BCUT2D eigenvalue weighted by molar-refractivity contribution is -0.140. The van der Waals surface area contributed by atoms with E-state index < -0.39 is 11.9 Å². The number of hydrogen-bond acceptors (Lipinski definition) is 4. The summed E-state index contributed by atoms with van der Waals surface area (Å²) in [5.41, 5.74) is 0. The van der Waals surface area contributed by atoms with Crippen molar-refractivity contribution >= 4 is 28.2 Å². The molecule has 0 saturated carbocycles. The summed E-state index contributed by atoms with van der Waals surface area (Å²) in [5, 5.41) is 17.7. The number of rotatable bonds is 7. The van der Waals surface area contributed by atoms with Crippen LogP contribution in [0.1, 0.15) is 13.8 Å². The molecule has 0 aliphatic carbocycles. The van der Waals surface area contributed by atoms with Crippen molar-refractivity contribution in [2.45, 2.75) is 19.1 Å². The van der Waals surface area contributed by atoms with E-state index in [1.807, 2.05) is 12.1 Å². The van der Waals surface area contributed by atoms with E-state index in [2.05, 4.69) is 30.1 Å². The first-order valence-electron chi connectivity index (χ1n) is 8.34. The van der Waals surface area contributed by atoms with Gasteiger partial charge in [0.25, 0.3) is 0 Å². The molecule has 0 amide bonds. The lowest BCUT2D eigenvalue weighted by Crippen LogP contribution is -2.09. The predicted octanol–water partition coefficient (Wildman–Crippen LogP) is 3.53. The summed E-state index contributed by atoms with van der Waals surface area (Å²) in [6.45, 7) is 3.83. The van der Waals surface area contributed by atoms with Crippen LogP contribution in [0.4, 0.5) is 0 Å². The maximum Gasteiger partial charge on any atom is 0.341 e. The quantitative estimate of drug-likeness (QED) is 0.705. The van der Waals surface area contributed by atoms with Gasteiger partial charge in [0.1, 0.15) is 27.8 Å². The van der Waals surface area contributed by atoms with E-state index in [-0.39, 0.29) is 13.2 Å². The van der Waals surface area contributed by atoms with Gasteiger partial charge in [0.15, 0.2) is 13.2 Å². The molecule has 0 unspecified atom stereocenters. The largest absolute Gasteiger partial charge is 0.482 e. The Hall–Kier alpha value is -2.49. The Labute approximate surface area is 168 Å². The molecule has 2 N–H and O–H groups in total. The highest BCUT2D eigenvalue weighted by molar-refractivity contribution is 6.08. The Morgan fingerprint density at radius 3 is 1.33 bits per heavy atom. The van der Waals surface area contributed by atoms with Crippen LogP contribution < -0.4 is 9.47 Å². The molecule has 0 spiro atoms. The normalized spacial score (nSPS) is 9.15. The highest BCUT2D eigenvalue weighted by Crippen LogP contribution is 2.08. The lowest BCUT2D eigenvalue weighted by atomic mass is 10.3.